The first kappa shape index (κ1) is 13.3. The van der Waals surface area contributed by atoms with Crippen molar-refractivity contribution in [2.75, 3.05) is 6.54 Å². The maximum Gasteiger partial charge on any atom is 0.223 e. The van der Waals surface area contributed by atoms with Gasteiger partial charge in [0, 0.05) is 12.5 Å². The Labute approximate surface area is 99.5 Å². The SMILES string of the molecule is CC1=C[C@@H](C)[C@@H](C)[C@@H](C(=O)NCC(C)C)C1. The smallest absolute Gasteiger partial charge is 0.223 e. The van der Waals surface area contributed by atoms with E-state index in [9.17, 15) is 4.79 Å². The van der Waals surface area contributed by atoms with Gasteiger partial charge in [-0.25, -0.2) is 0 Å². The van der Waals surface area contributed by atoms with Crippen LogP contribution in [0.25, 0.3) is 0 Å². The van der Waals surface area contributed by atoms with E-state index in [2.05, 4.69) is 46.0 Å². The molecule has 0 saturated carbocycles. The molecule has 1 rings (SSSR count). The fourth-order valence-corrected chi connectivity index (χ4v) is 2.34. The van der Waals surface area contributed by atoms with Gasteiger partial charge in [0.15, 0.2) is 0 Å². The predicted octanol–water partition coefficient (Wildman–Crippen LogP) is 3.00. The van der Waals surface area contributed by atoms with E-state index in [4.69, 9.17) is 0 Å². The molecule has 0 saturated heterocycles. The number of amides is 1. The van der Waals surface area contributed by atoms with Crippen LogP contribution in [0.3, 0.4) is 0 Å². The maximum absolute atomic E-state index is 12.1. The third-order valence-corrected chi connectivity index (χ3v) is 3.57. The zero-order valence-electron chi connectivity index (χ0n) is 11.2. The van der Waals surface area contributed by atoms with E-state index < -0.39 is 0 Å². The van der Waals surface area contributed by atoms with Gasteiger partial charge in [-0.3, -0.25) is 4.79 Å². The summed E-state index contributed by atoms with van der Waals surface area (Å²) in [6.07, 6.45) is 3.23. The molecule has 1 N–H and O–H groups in total. The van der Waals surface area contributed by atoms with Gasteiger partial charge in [0.05, 0.1) is 0 Å². The van der Waals surface area contributed by atoms with E-state index in [1.807, 2.05) is 0 Å². The lowest BCUT2D eigenvalue weighted by Gasteiger charge is -2.31. The summed E-state index contributed by atoms with van der Waals surface area (Å²) >= 11 is 0. The lowest BCUT2D eigenvalue weighted by Crippen LogP contribution is -2.39. The maximum atomic E-state index is 12.1. The molecule has 1 amide bonds. The number of carbonyl (C=O) groups excluding carboxylic acids is 1. The molecule has 3 atom stereocenters. The van der Waals surface area contributed by atoms with Gasteiger partial charge >= 0.3 is 0 Å². The van der Waals surface area contributed by atoms with Gasteiger partial charge in [-0.15, -0.1) is 0 Å². The topological polar surface area (TPSA) is 29.1 Å². The molecule has 2 heteroatoms. The van der Waals surface area contributed by atoms with Gasteiger partial charge in [0.2, 0.25) is 5.91 Å². The minimum Gasteiger partial charge on any atom is -0.356 e. The van der Waals surface area contributed by atoms with E-state index in [1.165, 1.54) is 5.57 Å². The number of carbonyl (C=O) groups is 1. The summed E-state index contributed by atoms with van der Waals surface area (Å²) in [5.41, 5.74) is 1.36. The van der Waals surface area contributed by atoms with Crippen molar-refractivity contribution in [3.8, 4) is 0 Å². The van der Waals surface area contributed by atoms with Crippen LogP contribution in [0.4, 0.5) is 0 Å². The van der Waals surface area contributed by atoms with Crippen LogP contribution in [0.15, 0.2) is 11.6 Å². The summed E-state index contributed by atoms with van der Waals surface area (Å²) < 4.78 is 0. The first-order valence-corrected chi connectivity index (χ1v) is 6.36. The Hall–Kier alpha value is -0.790. The van der Waals surface area contributed by atoms with Crippen LogP contribution in [0.1, 0.15) is 41.0 Å². The van der Waals surface area contributed by atoms with Crippen LogP contribution in [0.5, 0.6) is 0 Å². The van der Waals surface area contributed by atoms with Crippen LogP contribution in [-0.2, 0) is 4.79 Å². The molecule has 0 aromatic carbocycles. The summed E-state index contributed by atoms with van der Waals surface area (Å²) in [4.78, 5) is 12.1. The van der Waals surface area contributed by atoms with Crippen molar-refractivity contribution in [2.24, 2.45) is 23.7 Å². The van der Waals surface area contributed by atoms with Gasteiger partial charge in [0.25, 0.3) is 0 Å². The fraction of sp³-hybridized carbons (Fsp3) is 0.786. The van der Waals surface area contributed by atoms with Crippen LogP contribution in [0.2, 0.25) is 0 Å². The molecule has 1 aliphatic rings. The van der Waals surface area contributed by atoms with Crippen molar-refractivity contribution in [2.45, 2.75) is 41.0 Å². The molecule has 0 aromatic heterocycles. The molecule has 2 nitrogen and oxygen atoms in total. The third kappa shape index (κ3) is 3.36. The number of hydrogen-bond donors (Lipinski definition) is 1. The molecule has 0 aromatic rings. The van der Waals surface area contributed by atoms with Gasteiger partial charge < -0.3 is 5.32 Å². The van der Waals surface area contributed by atoms with Crippen molar-refractivity contribution in [3.63, 3.8) is 0 Å². The summed E-state index contributed by atoms with van der Waals surface area (Å²) in [7, 11) is 0. The summed E-state index contributed by atoms with van der Waals surface area (Å²) in [5.74, 6) is 1.90. The molecule has 0 aliphatic heterocycles. The van der Waals surface area contributed by atoms with Crippen LogP contribution < -0.4 is 5.32 Å². The quantitative estimate of drug-likeness (QED) is 0.732. The molecule has 0 bridgehead atoms. The van der Waals surface area contributed by atoms with Gasteiger partial charge in [-0.1, -0.05) is 39.3 Å². The molecule has 0 fully saturated rings. The third-order valence-electron chi connectivity index (χ3n) is 3.57. The normalized spacial score (nSPS) is 30.1. The van der Waals surface area contributed by atoms with E-state index in [-0.39, 0.29) is 11.8 Å². The zero-order chi connectivity index (χ0) is 12.3. The highest BCUT2D eigenvalue weighted by atomic mass is 16.1. The Balaban J connectivity index is 2.59. The Kier molecular flexibility index (Phi) is 4.57. The van der Waals surface area contributed by atoms with Gasteiger partial charge in [0.1, 0.15) is 0 Å². The predicted molar refractivity (Wildman–Crippen MR) is 68.0 cm³/mol. The standard InChI is InChI=1S/C14H25NO/c1-9(2)8-15-14(16)13-7-10(3)6-11(4)12(13)5/h6,9,11-13H,7-8H2,1-5H3,(H,15,16)/t11-,12-,13+/m1/s1. The minimum absolute atomic E-state index is 0.166. The van der Waals surface area contributed by atoms with Crippen LogP contribution in [-0.4, -0.2) is 12.5 Å². The Bertz CT molecular complexity index is 280. The minimum atomic E-state index is 0.166. The number of nitrogens with one attached hydrogen (secondary N) is 1. The number of hydrogen-bond acceptors (Lipinski definition) is 1. The largest absolute Gasteiger partial charge is 0.356 e. The summed E-state index contributed by atoms with van der Waals surface area (Å²) in [6, 6.07) is 0. The van der Waals surface area contributed by atoms with Crippen molar-refractivity contribution >= 4 is 5.91 Å². The molecule has 0 radical (unpaired) electrons. The highest BCUT2D eigenvalue weighted by Crippen LogP contribution is 2.33. The zero-order valence-corrected chi connectivity index (χ0v) is 11.2. The van der Waals surface area contributed by atoms with Crippen molar-refractivity contribution in [3.05, 3.63) is 11.6 Å². The highest BCUT2D eigenvalue weighted by molar-refractivity contribution is 5.79. The molecule has 16 heavy (non-hydrogen) atoms. The molecule has 0 spiro atoms. The van der Waals surface area contributed by atoms with Gasteiger partial charge in [-0.05, 0) is 31.1 Å². The summed E-state index contributed by atoms with van der Waals surface area (Å²) in [6.45, 7) is 11.6. The average molecular weight is 223 g/mol. The highest BCUT2D eigenvalue weighted by Gasteiger charge is 2.31. The second-order valence-corrected chi connectivity index (χ2v) is 5.68. The summed E-state index contributed by atoms with van der Waals surface area (Å²) in [5, 5.41) is 3.06. The molecule has 0 unspecified atom stereocenters. The number of rotatable bonds is 3. The van der Waals surface area contributed by atoms with E-state index in [1.54, 1.807) is 0 Å². The Morgan fingerprint density at radius 1 is 1.50 bits per heavy atom. The molecule has 1 aliphatic carbocycles. The number of allylic oxidation sites excluding steroid dienone is 2. The lowest BCUT2D eigenvalue weighted by molar-refractivity contribution is -0.127. The van der Waals surface area contributed by atoms with Crippen molar-refractivity contribution < 1.29 is 4.79 Å². The molecule has 0 heterocycles. The average Bonchev–Trinajstić information content (AvgIpc) is 2.19. The fourth-order valence-electron chi connectivity index (χ4n) is 2.34. The van der Waals surface area contributed by atoms with Crippen molar-refractivity contribution in [1.82, 2.24) is 5.32 Å². The second-order valence-electron chi connectivity index (χ2n) is 5.68. The van der Waals surface area contributed by atoms with E-state index in [0.29, 0.717) is 17.8 Å². The van der Waals surface area contributed by atoms with Crippen molar-refractivity contribution in [1.29, 1.82) is 0 Å². The Morgan fingerprint density at radius 3 is 2.69 bits per heavy atom. The first-order chi connectivity index (χ1) is 7.41. The van der Waals surface area contributed by atoms with Crippen LogP contribution >= 0.6 is 0 Å². The van der Waals surface area contributed by atoms with E-state index >= 15 is 0 Å². The van der Waals surface area contributed by atoms with Gasteiger partial charge in [-0.2, -0.15) is 0 Å². The second kappa shape index (κ2) is 5.51. The molecular weight excluding hydrogens is 198 g/mol. The monoisotopic (exact) mass is 223 g/mol. The lowest BCUT2D eigenvalue weighted by atomic mass is 9.75. The molecular formula is C14H25NO. The van der Waals surface area contributed by atoms with Crippen LogP contribution in [0, 0.1) is 23.7 Å². The first-order valence-electron chi connectivity index (χ1n) is 6.36. The van der Waals surface area contributed by atoms with E-state index in [0.717, 1.165) is 13.0 Å². The Morgan fingerprint density at radius 2 is 2.12 bits per heavy atom. The molecule has 92 valence electrons.